The van der Waals surface area contributed by atoms with Crippen LogP contribution in [-0.2, 0) is 6.18 Å². The predicted molar refractivity (Wildman–Crippen MR) is 161 cm³/mol. The number of piperazine rings is 1. The SMILES string of the molecule is CCOc1ncccc1-c1ccc(N2CCN(C(=O)c3ccc(OC)nc3C(F)(F)F)C[C@H]2CC)c(C(=O)N[C@H]2CNC[C@H]2F)n1. The first-order chi connectivity index (χ1) is 22.0. The first-order valence-electron chi connectivity index (χ1n) is 15.0. The fourth-order valence-corrected chi connectivity index (χ4v) is 5.68. The highest BCUT2D eigenvalue weighted by Crippen LogP contribution is 2.35. The maximum absolute atomic E-state index is 14.5. The van der Waals surface area contributed by atoms with Crippen LogP contribution in [0.5, 0.6) is 11.8 Å². The summed E-state index contributed by atoms with van der Waals surface area (Å²) in [5.74, 6) is -1.31. The zero-order valence-electron chi connectivity index (χ0n) is 25.6. The Morgan fingerprint density at radius 1 is 1.09 bits per heavy atom. The van der Waals surface area contributed by atoms with Gasteiger partial charge in [0.2, 0.25) is 11.8 Å². The van der Waals surface area contributed by atoms with Gasteiger partial charge in [-0.25, -0.2) is 19.3 Å². The van der Waals surface area contributed by atoms with Gasteiger partial charge in [-0.05, 0) is 43.7 Å². The molecule has 0 bridgehead atoms. The van der Waals surface area contributed by atoms with Crippen LogP contribution < -0.4 is 25.0 Å². The van der Waals surface area contributed by atoms with E-state index in [1.807, 2.05) is 18.7 Å². The highest BCUT2D eigenvalue weighted by molar-refractivity contribution is 5.99. The molecule has 246 valence electrons. The number of ether oxygens (including phenoxy) is 2. The number of carbonyl (C=O) groups excluding carboxylic acids is 2. The largest absolute Gasteiger partial charge is 0.481 e. The molecule has 2 aliphatic rings. The Kier molecular flexibility index (Phi) is 9.89. The first-order valence-corrected chi connectivity index (χ1v) is 15.0. The van der Waals surface area contributed by atoms with Crippen molar-refractivity contribution in [3.05, 3.63) is 59.5 Å². The van der Waals surface area contributed by atoms with Crippen LogP contribution >= 0.6 is 0 Å². The Labute approximate surface area is 263 Å². The minimum atomic E-state index is -4.87. The Hall–Kier alpha value is -4.53. The number of pyridine rings is 3. The van der Waals surface area contributed by atoms with E-state index in [1.165, 1.54) is 18.1 Å². The maximum atomic E-state index is 14.5. The topological polar surface area (TPSA) is 122 Å². The molecule has 2 fully saturated rings. The van der Waals surface area contributed by atoms with Crippen molar-refractivity contribution in [1.29, 1.82) is 0 Å². The lowest BCUT2D eigenvalue weighted by atomic mass is 10.0. The third-order valence-corrected chi connectivity index (χ3v) is 8.00. The standard InChI is InChI=1S/C31H35F4N7O4/c1-4-18-17-41(30(44)20-8-11-25(45-3)40-27(20)31(33,34)35)13-14-42(18)24-10-9-22(19-7-6-12-37-29(19)46-5-2)38-26(24)28(43)39-23-16-36-15-21(23)32/h6-12,18,21,23,36H,4-5,13-17H2,1-3H3,(H,39,43)/t18-,21-,23+/m1/s1. The zero-order chi connectivity index (χ0) is 33.0. The second kappa shape index (κ2) is 13.8. The third-order valence-electron chi connectivity index (χ3n) is 8.00. The van der Waals surface area contributed by atoms with Gasteiger partial charge < -0.3 is 29.9 Å². The molecule has 3 aromatic rings. The molecule has 15 heteroatoms. The molecular formula is C31H35F4N7O4. The molecule has 0 aromatic carbocycles. The lowest BCUT2D eigenvalue weighted by Gasteiger charge is -2.43. The number of nitrogens with zero attached hydrogens (tertiary/aromatic N) is 5. The fraction of sp³-hybridized carbons (Fsp3) is 0.452. The number of carbonyl (C=O) groups is 2. The number of methoxy groups -OCH3 is 1. The van der Waals surface area contributed by atoms with Gasteiger partial charge in [0.05, 0.1) is 42.3 Å². The van der Waals surface area contributed by atoms with E-state index >= 15 is 0 Å². The van der Waals surface area contributed by atoms with Crippen LogP contribution in [0.2, 0.25) is 0 Å². The van der Waals surface area contributed by atoms with E-state index in [0.717, 1.165) is 6.07 Å². The molecule has 5 rings (SSSR count). The summed E-state index contributed by atoms with van der Waals surface area (Å²) < 4.78 is 66.5. The van der Waals surface area contributed by atoms with Gasteiger partial charge in [0, 0.05) is 51.0 Å². The van der Waals surface area contributed by atoms with Gasteiger partial charge in [0.1, 0.15) is 6.17 Å². The van der Waals surface area contributed by atoms with Crippen LogP contribution in [-0.4, -0.2) is 96.4 Å². The van der Waals surface area contributed by atoms with Crippen molar-refractivity contribution in [2.45, 2.75) is 44.7 Å². The van der Waals surface area contributed by atoms with Crippen LogP contribution in [0.15, 0.2) is 42.6 Å². The average Bonchev–Trinajstić information content (AvgIpc) is 3.47. The van der Waals surface area contributed by atoms with E-state index in [2.05, 4.69) is 20.6 Å². The van der Waals surface area contributed by atoms with Crippen LogP contribution in [0.3, 0.4) is 0 Å². The summed E-state index contributed by atoms with van der Waals surface area (Å²) in [6.07, 6.45) is -4.07. The van der Waals surface area contributed by atoms with Crippen molar-refractivity contribution in [3.63, 3.8) is 0 Å². The molecule has 2 saturated heterocycles. The van der Waals surface area contributed by atoms with Crippen LogP contribution in [0.4, 0.5) is 23.2 Å². The Morgan fingerprint density at radius 3 is 2.57 bits per heavy atom. The predicted octanol–water partition coefficient (Wildman–Crippen LogP) is 3.75. The molecule has 0 spiro atoms. The number of aromatic nitrogens is 3. The van der Waals surface area contributed by atoms with Crippen molar-refractivity contribution in [3.8, 4) is 23.0 Å². The molecule has 0 saturated carbocycles. The van der Waals surface area contributed by atoms with Gasteiger partial charge in [-0.15, -0.1) is 0 Å². The van der Waals surface area contributed by atoms with Gasteiger partial charge >= 0.3 is 6.18 Å². The second-order valence-corrected chi connectivity index (χ2v) is 10.9. The summed E-state index contributed by atoms with van der Waals surface area (Å²) in [5, 5.41) is 5.67. The molecule has 0 unspecified atom stereocenters. The highest BCUT2D eigenvalue weighted by atomic mass is 19.4. The Bertz CT molecular complexity index is 1570. The number of nitrogens with one attached hydrogen (secondary N) is 2. The smallest absolute Gasteiger partial charge is 0.434 e. The number of amides is 2. The zero-order valence-corrected chi connectivity index (χ0v) is 25.6. The number of rotatable bonds is 9. The molecule has 46 heavy (non-hydrogen) atoms. The van der Waals surface area contributed by atoms with Crippen molar-refractivity contribution in [2.75, 3.05) is 51.3 Å². The lowest BCUT2D eigenvalue weighted by Crippen LogP contribution is -2.55. The van der Waals surface area contributed by atoms with Crippen LogP contribution in [0, 0.1) is 0 Å². The van der Waals surface area contributed by atoms with Crippen LogP contribution in [0.1, 0.15) is 46.8 Å². The molecule has 5 heterocycles. The van der Waals surface area contributed by atoms with E-state index < -0.39 is 41.5 Å². The van der Waals surface area contributed by atoms with E-state index in [0.29, 0.717) is 35.9 Å². The Balaban J connectivity index is 1.47. The first kappa shape index (κ1) is 32.9. The van der Waals surface area contributed by atoms with E-state index in [9.17, 15) is 27.2 Å². The molecule has 2 N–H and O–H groups in total. The molecular weight excluding hydrogens is 610 g/mol. The van der Waals surface area contributed by atoms with Gasteiger partial charge in [-0.3, -0.25) is 9.59 Å². The monoisotopic (exact) mass is 645 g/mol. The average molecular weight is 646 g/mol. The maximum Gasteiger partial charge on any atom is 0.434 e. The van der Waals surface area contributed by atoms with Gasteiger partial charge in [-0.2, -0.15) is 13.2 Å². The minimum absolute atomic E-state index is 0.0415. The van der Waals surface area contributed by atoms with Gasteiger partial charge in [0.25, 0.3) is 11.8 Å². The fourth-order valence-electron chi connectivity index (χ4n) is 5.68. The number of anilines is 1. The molecule has 11 nitrogen and oxygen atoms in total. The number of hydrogen-bond acceptors (Lipinski definition) is 9. The molecule has 3 aromatic heterocycles. The summed E-state index contributed by atoms with van der Waals surface area (Å²) >= 11 is 0. The van der Waals surface area contributed by atoms with Gasteiger partial charge in [0.15, 0.2) is 11.4 Å². The highest BCUT2D eigenvalue weighted by Gasteiger charge is 2.40. The minimum Gasteiger partial charge on any atom is -0.481 e. The number of hydrogen-bond donors (Lipinski definition) is 2. The molecule has 2 aliphatic heterocycles. The summed E-state index contributed by atoms with van der Waals surface area (Å²) in [5.41, 5.74) is -0.423. The summed E-state index contributed by atoms with van der Waals surface area (Å²) in [6.45, 7) is 4.79. The van der Waals surface area contributed by atoms with E-state index in [-0.39, 0.29) is 50.3 Å². The summed E-state index contributed by atoms with van der Waals surface area (Å²) in [7, 11) is 1.19. The number of alkyl halides is 4. The van der Waals surface area contributed by atoms with Crippen molar-refractivity contribution < 1.29 is 36.6 Å². The second-order valence-electron chi connectivity index (χ2n) is 10.9. The Morgan fingerprint density at radius 2 is 1.89 bits per heavy atom. The molecule has 2 amide bonds. The van der Waals surface area contributed by atoms with Crippen molar-refractivity contribution in [1.82, 2.24) is 30.5 Å². The number of halogens is 4. The summed E-state index contributed by atoms with van der Waals surface area (Å²) in [4.78, 5) is 42.9. The quantitative estimate of drug-likeness (QED) is 0.335. The third kappa shape index (κ3) is 6.83. The van der Waals surface area contributed by atoms with E-state index in [4.69, 9.17) is 14.5 Å². The van der Waals surface area contributed by atoms with Crippen LogP contribution in [0.25, 0.3) is 11.3 Å². The molecule has 0 aliphatic carbocycles. The normalized spacial score (nSPS) is 20.0. The molecule has 3 atom stereocenters. The lowest BCUT2D eigenvalue weighted by molar-refractivity contribution is -0.141. The van der Waals surface area contributed by atoms with Gasteiger partial charge in [-0.1, -0.05) is 6.92 Å². The molecule has 0 radical (unpaired) electrons. The summed E-state index contributed by atoms with van der Waals surface area (Å²) in [6, 6.07) is 8.10. The van der Waals surface area contributed by atoms with E-state index in [1.54, 1.807) is 30.5 Å². The van der Waals surface area contributed by atoms with Crippen molar-refractivity contribution >= 4 is 17.5 Å². The van der Waals surface area contributed by atoms with Crippen molar-refractivity contribution in [2.24, 2.45) is 0 Å².